The number of hydrogen-bond acceptors (Lipinski definition) is 1. The Morgan fingerprint density at radius 3 is 2.50 bits per heavy atom. The zero-order valence-corrected chi connectivity index (χ0v) is 20.2. The third kappa shape index (κ3) is 3.76. The lowest BCUT2D eigenvalue weighted by Gasteiger charge is -2.60. The van der Waals surface area contributed by atoms with Crippen molar-refractivity contribution >= 4 is 12.0 Å². The molecule has 7 atom stereocenters. The van der Waals surface area contributed by atoms with Crippen LogP contribution >= 0.6 is 0 Å². The van der Waals surface area contributed by atoms with Crippen molar-refractivity contribution in [2.75, 3.05) is 0 Å². The molecule has 4 aliphatic rings. The number of hydrogen-bond donors (Lipinski definition) is 1. The Bertz CT molecular complexity index is 854. The molecule has 2 heteroatoms. The number of carboxylic acid groups (broad SMARTS) is 1. The van der Waals surface area contributed by atoms with Gasteiger partial charge in [-0.15, -0.1) is 0 Å². The first-order valence-electron chi connectivity index (χ1n) is 13.4. The Morgan fingerprint density at radius 2 is 1.72 bits per heavy atom. The molecule has 4 aliphatic carbocycles. The molecule has 1 aromatic carbocycles. The lowest BCUT2D eigenvalue weighted by atomic mass is 9.45. The van der Waals surface area contributed by atoms with E-state index in [4.69, 9.17) is 5.11 Å². The Labute approximate surface area is 194 Å². The number of allylic oxidation sites excluding steroid dienone is 1. The van der Waals surface area contributed by atoms with Crippen molar-refractivity contribution in [1.82, 2.24) is 0 Å². The monoisotopic (exact) mass is 434 g/mol. The van der Waals surface area contributed by atoms with Gasteiger partial charge >= 0.3 is 5.97 Å². The van der Waals surface area contributed by atoms with Crippen LogP contribution in [0.25, 0.3) is 6.08 Å². The van der Waals surface area contributed by atoms with E-state index in [1.54, 1.807) is 12.1 Å². The van der Waals surface area contributed by atoms with Crippen molar-refractivity contribution in [3.8, 4) is 0 Å². The summed E-state index contributed by atoms with van der Waals surface area (Å²) in [5, 5.41) is 9.06. The van der Waals surface area contributed by atoms with Crippen LogP contribution in [0.5, 0.6) is 0 Å². The van der Waals surface area contributed by atoms with Crippen LogP contribution in [-0.2, 0) is 0 Å². The van der Waals surface area contributed by atoms with Gasteiger partial charge in [0.05, 0.1) is 5.56 Å². The van der Waals surface area contributed by atoms with Crippen molar-refractivity contribution < 1.29 is 9.90 Å². The van der Waals surface area contributed by atoms with Gasteiger partial charge in [-0.1, -0.05) is 51.0 Å². The number of fused-ring (bicyclic) bond motifs is 5. The molecule has 0 radical (unpaired) electrons. The first-order valence-corrected chi connectivity index (χ1v) is 13.4. The smallest absolute Gasteiger partial charge is 0.335 e. The number of carbonyl (C=O) groups is 1. The molecule has 0 amide bonds. The fourth-order valence-electron chi connectivity index (χ4n) is 9.13. The van der Waals surface area contributed by atoms with E-state index in [1.807, 2.05) is 12.1 Å². The summed E-state index contributed by atoms with van der Waals surface area (Å²) in [7, 11) is 0. The van der Waals surface area contributed by atoms with E-state index < -0.39 is 5.97 Å². The second-order valence-corrected chi connectivity index (χ2v) is 12.1. The topological polar surface area (TPSA) is 37.3 Å². The summed E-state index contributed by atoms with van der Waals surface area (Å²) in [5.74, 6) is 4.02. The summed E-state index contributed by atoms with van der Waals surface area (Å²) in [6.07, 6.45) is 21.8. The van der Waals surface area contributed by atoms with E-state index in [0.29, 0.717) is 16.4 Å². The summed E-state index contributed by atoms with van der Waals surface area (Å²) in [4.78, 5) is 11.0. The number of carboxylic acids is 1. The van der Waals surface area contributed by atoms with E-state index in [2.05, 4.69) is 26.0 Å². The van der Waals surface area contributed by atoms with Crippen LogP contribution in [0.2, 0.25) is 0 Å². The van der Waals surface area contributed by atoms with E-state index in [1.165, 1.54) is 70.6 Å². The second-order valence-electron chi connectivity index (χ2n) is 12.1. The van der Waals surface area contributed by atoms with Gasteiger partial charge in [-0.3, -0.25) is 0 Å². The number of rotatable bonds is 5. The number of aromatic carboxylic acids is 1. The maximum absolute atomic E-state index is 11.0. The van der Waals surface area contributed by atoms with Crippen molar-refractivity contribution in [2.45, 2.75) is 90.9 Å². The van der Waals surface area contributed by atoms with Gasteiger partial charge in [-0.25, -0.2) is 4.79 Å². The number of benzene rings is 1. The maximum atomic E-state index is 11.0. The van der Waals surface area contributed by atoms with Crippen molar-refractivity contribution in [3.63, 3.8) is 0 Å². The lowest BCUT2D eigenvalue weighted by Crippen LogP contribution is -2.52. The third-order valence-corrected chi connectivity index (χ3v) is 10.9. The fraction of sp³-hybridized carbons (Fsp3) is 0.700. The molecule has 4 saturated carbocycles. The zero-order valence-electron chi connectivity index (χ0n) is 20.2. The highest BCUT2D eigenvalue weighted by molar-refractivity contribution is 5.87. The molecule has 7 unspecified atom stereocenters. The van der Waals surface area contributed by atoms with Gasteiger partial charge in [-0.2, -0.15) is 0 Å². The molecular weight excluding hydrogens is 392 g/mol. The van der Waals surface area contributed by atoms with E-state index in [9.17, 15) is 4.79 Å². The molecule has 1 N–H and O–H groups in total. The second kappa shape index (κ2) is 8.65. The summed E-state index contributed by atoms with van der Waals surface area (Å²) < 4.78 is 0. The minimum Gasteiger partial charge on any atom is -0.478 e. The van der Waals surface area contributed by atoms with Crippen LogP contribution in [0.4, 0.5) is 0 Å². The van der Waals surface area contributed by atoms with Crippen molar-refractivity contribution in [1.29, 1.82) is 0 Å². The Morgan fingerprint density at radius 1 is 0.938 bits per heavy atom. The summed E-state index contributed by atoms with van der Waals surface area (Å²) in [6.45, 7) is 5.35. The highest BCUT2D eigenvalue weighted by Crippen LogP contribution is 2.67. The molecular formula is C30H42O2. The highest BCUT2D eigenvalue weighted by Gasteiger charge is 2.59. The first-order chi connectivity index (χ1) is 15.4. The minimum atomic E-state index is -0.856. The van der Waals surface area contributed by atoms with Gasteiger partial charge < -0.3 is 5.11 Å². The normalized spacial score (nSPS) is 41.1. The highest BCUT2D eigenvalue weighted by atomic mass is 16.4. The quantitative estimate of drug-likeness (QED) is 0.507. The molecule has 2 nitrogen and oxygen atoms in total. The molecule has 174 valence electrons. The molecule has 0 heterocycles. The van der Waals surface area contributed by atoms with Crippen LogP contribution in [0, 0.1) is 40.4 Å². The maximum Gasteiger partial charge on any atom is 0.335 e. The summed E-state index contributed by atoms with van der Waals surface area (Å²) >= 11 is 0. The molecule has 0 spiro atoms. The Hall–Kier alpha value is -1.57. The minimum absolute atomic E-state index is 0.360. The van der Waals surface area contributed by atoms with Gasteiger partial charge in [0.15, 0.2) is 0 Å². The van der Waals surface area contributed by atoms with E-state index >= 15 is 0 Å². The largest absolute Gasteiger partial charge is 0.478 e. The molecule has 0 aliphatic heterocycles. The van der Waals surface area contributed by atoms with Crippen molar-refractivity contribution in [3.05, 3.63) is 41.5 Å². The Balaban J connectivity index is 1.21. The van der Waals surface area contributed by atoms with Gasteiger partial charge in [-0.05, 0) is 122 Å². The predicted molar refractivity (Wildman–Crippen MR) is 132 cm³/mol. The van der Waals surface area contributed by atoms with Crippen LogP contribution in [0.1, 0.15) is 107 Å². The fourth-order valence-corrected chi connectivity index (χ4v) is 9.13. The lowest BCUT2D eigenvalue weighted by molar-refractivity contribution is -0.111. The van der Waals surface area contributed by atoms with Gasteiger partial charge in [0.1, 0.15) is 0 Å². The molecule has 4 fully saturated rings. The van der Waals surface area contributed by atoms with Gasteiger partial charge in [0.2, 0.25) is 0 Å². The molecule has 1 aromatic rings. The average Bonchev–Trinajstić information content (AvgIpc) is 3.13. The van der Waals surface area contributed by atoms with Gasteiger partial charge in [0.25, 0.3) is 0 Å². The molecule has 0 saturated heterocycles. The SMILES string of the molecule is CC12CCCCC1CCC1C2CCC2(C)C(CC/C=C/c3ccc(C(=O)O)cc3)CCC12. The van der Waals surface area contributed by atoms with Crippen molar-refractivity contribution in [2.24, 2.45) is 40.4 Å². The molecule has 5 rings (SSSR count). The first kappa shape index (κ1) is 22.2. The summed E-state index contributed by atoms with van der Waals surface area (Å²) in [5.41, 5.74) is 2.68. The molecule has 0 bridgehead atoms. The summed E-state index contributed by atoms with van der Waals surface area (Å²) in [6, 6.07) is 7.22. The Kier molecular flexibility index (Phi) is 6.01. The standard InChI is InChI=1S/C30H42O2/c1-29-19-6-5-9-23(29)14-16-25-26-17-15-24(30(26,2)20-18-27(25)29)8-4-3-7-21-10-12-22(13-11-21)28(31)32/h3,7,10-13,23-27H,4-6,8-9,14-20H2,1-2H3,(H,31,32)/b7-3+. The van der Waals surface area contributed by atoms with Crippen LogP contribution in [0.3, 0.4) is 0 Å². The van der Waals surface area contributed by atoms with E-state index in [-0.39, 0.29) is 0 Å². The molecule has 0 aromatic heterocycles. The van der Waals surface area contributed by atoms with E-state index in [0.717, 1.165) is 41.6 Å². The average molecular weight is 435 g/mol. The molecule has 32 heavy (non-hydrogen) atoms. The van der Waals surface area contributed by atoms with Crippen LogP contribution in [0.15, 0.2) is 30.3 Å². The third-order valence-electron chi connectivity index (χ3n) is 10.9. The van der Waals surface area contributed by atoms with Gasteiger partial charge in [0, 0.05) is 0 Å². The van der Waals surface area contributed by atoms with Crippen LogP contribution < -0.4 is 0 Å². The zero-order chi connectivity index (χ0) is 22.3. The van der Waals surface area contributed by atoms with Crippen LogP contribution in [-0.4, -0.2) is 11.1 Å². The predicted octanol–water partition coefficient (Wildman–Crippen LogP) is 8.23.